The van der Waals surface area contributed by atoms with Crippen LogP contribution in [0, 0.1) is 32.1 Å². The third-order valence-corrected chi connectivity index (χ3v) is 5.01. The molecule has 5 nitrogen and oxygen atoms in total. The van der Waals surface area contributed by atoms with E-state index in [1.807, 2.05) is 23.9 Å². The fourth-order valence-electron chi connectivity index (χ4n) is 2.56. The van der Waals surface area contributed by atoms with Crippen molar-refractivity contribution in [3.05, 3.63) is 38.8 Å². The first-order chi connectivity index (χ1) is 11.0. The molecule has 0 atom stereocenters. The molecule has 0 aromatic carbocycles. The highest BCUT2D eigenvalue weighted by Crippen LogP contribution is 2.17. The lowest BCUT2D eigenvalue weighted by Gasteiger charge is -2.06. The topological polar surface area (TPSA) is 70.7 Å². The van der Waals surface area contributed by atoms with Gasteiger partial charge in [0, 0.05) is 17.0 Å². The quantitative estimate of drug-likeness (QED) is 0.848. The Balaban J connectivity index is 1.88. The van der Waals surface area contributed by atoms with E-state index in [0.717, 1.165) is 17.0 Å². The van der Waals surface area contributed by atoms with Crippen LogP contribution < -0.4 is 5.32 Å². The van der Waals surface area contributed by atoms with E-state index < -0.39 is 0 Å². The van der Waals surface area contributed by atoms with Gasteiger partial charge in [-0.2, -0.15) is 10.4 Å². The third-order valence-electron chi connectivity index (χ3n) is 3.98. The van der Waals surface area contributed by atoms with E-state index in [0.29, 0.717) is 32.4 Å². The number of carbonyl (C=O) groups excluding carboxylic acids is 1. The summed E-state index contributed by atoms with van der Waals surface area (Å²) in [4.78, 5) is 13.3. The summed E-state index contributed by atoms with van der Waals surface area (Å²) >= 11 is 1.67. The number of carbonyl (C=O) groups is 1. The number of hydrogen-bond acceptors (Lipinski definition) is 4. The molecule has 0 radical (unpaired) electrons. The molecule has 0 aliphatic rings. The van der Waals surface area contributed by atoms with Crippen molar-refractivity contribution in [1.29, 1.82) is 5.26 Å². The van der Waals surface area contributed by atoms with Crippen molar-refractivity contribution >= 4 is 17.2 Å². The molecule has 0 fully saturated rings. The number of hydrogen-bond donors (Lipinski definition) is 1. The summed E-state index contributed by atoms with van der Waals surface area (Å²) in [7, 11) is 0. The molecule has 0 saturated heterocycles. The molecule has 1 N–H and O–H groups in total. The molecule has 2 rings (SSSR count). The number of aryl methyl sites for hydroxylation is 3. The summed E-state index contributed by atoms with van der Waals surface area (Å²) in [6.07, 6.45) is 1.58. The van der Waals surface area contributed by atoms with E-state index in [-0.39, 0.29) is 5.91 Å². The average molecular weight is 330 g/mol. The zero-order valence-corrected chi connectivity index (χ0v) is 14.7. The van der Waals surface area contributed by atoms with Crippen LogP contribution in [0.1, 0.15) is 40.2 Å². The highest BCUT2D eigenvalue weighted by atomic mass is 32.1. The summed E-state index contributed by atoms with van der Waals surface area (Å²) in [5, 5.41) is 18.2. The van der Waals surface area contributed by atoms with E-state index in [2.05, 4.69) is 29.5 Å². The lowest BCUT2D eigenvalue weighted by atomic mass is 10.1. The summed E-state index contributed by atoms with van der Waals surface area (Å²) in [5.74, 6) is 0.0568. The highest BCUT2D eigenvalue weighted by molar-refractivity contribution is 7.10. The number of amides is 1. The monoisotopic (exact) mass is 330 g/mol. The first kappa shape index (κ1) is 17.2. The number of aromatic nitrogens is 2. The lowest BCUT2D eigenvalue weighted by Crippen LogP contribution is -2.23. The Hall–Kier alpha value is -2.13. The minimum atomic E-state index is 0.0568. The van der Waals surface area contributed by atoms with Crippen molar-refractivity contribution < 1.29 is 4.79 Å². The van der Waals surface area contributed by atoms with Gasteiger partial charge in [-0.3, -0.25) is 9.48 Å². The maximum atomic E-state index is 12.0. The van der Waals surface area contributed by atoms with Gasteiger partial charge in [-0.25, -0.2) is 0 Å². The smallest absolute Gasteiger partial charge is 0.220 e. The highest BCUT2D eigenvalue weighted by Gasteiger charge is 2.13. The van der Waals surface area contributed by atoms with Crippen LogP contribution in [0.5, 0.6) is 0 Å². The van der Waals surface area contributed by atoms with Crippen molar-refractivity contribution in [3.8, 4) is 6.07 Å². The maximum absolute atomic E-state index is 12.0. The fraction of sp³-hybridized carbons (Fsp3) is 0.471. The molecular formula is C17H22N4OS. The molecule has 1 amide bonds. The van der Waals surface area contributed by atoms with Crippen molar-refractivity contribution in [2.24, 2.45) is 0 Å². The van der Waals surface area contributed by atoms with Crippen molar-refractivity contribution in [3.63, 3.8) is 0 Å². The Bertz CT molecular complexity index is 724. The first-order valence-corrected chi connectivity index (χ1v) is 8.60. The zero-order valence-electron chi connectivity index (χ0n) is 13.8. The number of nitrogens with zero attached hydrogens (tertiary/aromatic N) is 3. The minimum absolute atomic E-state index is 0.0568. The standard InChI is InChI=1S/C17H22N4OS/c1-12-7-10-23-16(12)11-19-17(22)6-5-15-13(2)20-21(14(15)3)9-4-8-18/h7,10H,4-6,9,11H2,1-3H3,(H,19,22). The number of thiophene rings is 1. The molecule has 122 valence electrons. The van der Waals surface area contributed by atoms with E-state index in [1.165, 1.54) is 10.4 Å². The molecular weight excluding hydrogens is 308 g/mol. The summed E-state index contributed by atoms with van der Waals surface area (Å²) < 4.78 is 1.86. The van der Waals surface area contributed by atoms with Gasteiger partial charge in [0.15, 0.2) is 0 Å². The predicted molar refractivity (Wildman–Crippen MR) is 91.2 cm³/mol. The van der Waals surface area contributed by atoms with Gasteiger partial charge in [-0.1, -0.05) is 0 Å². The predicted octanol–water partition coefficient (Wildman–Crippen LogP) is 3.03. The maximum Gasteiger partial charge on any atom is 0.220 e. The minimum Gasteiger partial charge on any atom is -0.351 e. The van der Waals surface area contributed by atoms with Crippen LogP contribution in [0.15, 0.2) is 11.4 Å². The Kier molecular flexibility index (Phi) is 5.94. The molecule has 2 aromatic heterocycles. The van der Waals surface area contributed by atoms with E-state index in [9.17, 15) is 4.79 Å². The van der Waals surface area contributed by atoms with Crippen molar-refractivity contribution in [1.82, 2.24) is 15.1 Å². The fourth-order valence-corrected chi connectivity index (χ4v) is 3.41. The van der Waals surface area contributed by atoms with Crippen molar-refractivity contribution in [2.75, 3.05) is 0 Å². The van der Waals surface area contributed by atoms with E-state index in [1.54, 1.807) is 11.3 Å². The first-order valence-electron chi connectivity index (χ1n) is 7.72. The molecule has 0 unspecified atom stereocenters. The van der Waals surface area contributed by atoms with Crippen LogP contribution in [-0.2, 0) is 24.3 Å². The Morgan fingerprint density at radius 2 is 2.22 bits per heavy atom. The van der Waals surface area contributed by atoms with Crippen molar-refractivity contribution in [2.45, 2.75) is 53.1 Å². The SMILES string of the molecule is Cc1ccsc1CNC(=O)CCc1c(C)nn(CCC#N)c1C. The summed E-state index contributed by atoms with van der Waals surface area (Å²) in [5.41, 5.74) is 4.34. The second kappa shape index (κ2) is 7.93. The lowest BCUT2D eigenvalue weighted by molar-refractivity contribution is -0.121. The van der Waals surface area contributed by atoms with Gasteiger partial charge in [0.2, 0.25) is 5.91 Å². The third kappa shape index (κ3) is 4.42. The van der Waals surface area contributed by atoms with E-state index in [4.69, 9.17) is 5.26 Å². The molecule has 0 saturated carbocycles. The molecule has 0 aliphatic heterocycles. The van der Waals surface area contributed by atoms with Gasteiger partial charge in [0.1, 0.15) is 0 Å². The normalized spacial score (nSPS) is 10.5. The van der Waals surface area contributed by atoms with Gasteiger partial charge in [-0.05, 0) is 49.8 Å². The second-order valence-electron chi connectivity index (χ2n) is 5.58. The Labute approximate surface area is 140 Å². The van der Waals surface area contributed by atoms with Crippen LogP contribution in [-0.4, -0.2) is 15.7 Å². The average Bonchev–Trinajstić information content (AvgIpc) is 3.05. The van der Waals surface area contributed by atoms with E-state index >= 15 is 0 Å². The summed E-state index contributed by atoms with van der Waals surface area (Å²) in [6, 6.07) is 4.20. The van der Waals surface area contributed by atoms with Crippen LogP contribution >= 0.6 is 11.3 Å². The molecule has 23 heavy (non-hydrogen) atoms. The number of rotatable bonds is 7. The summed E-state index contributed by atoms with van der Waals surface area (Å²) in [6.45, 7) is 7.22. The molecule has 0 spiro atoms. The van der Waals surface area contributed by atoms with Gasteiger partial charge in [0.05, 0.1) is 31.3 Å². The largest absolute Gasteiger partial charge is 0.351 e. The number of nitrogens with one attached hydrogen (secondary N) is 1. The second-order valence-corrected chi connectivity index (χ2v) is 6.58. The van der Waals surface area contributed by atoms with Crippen LogP contribution in [0.25, 0.3) is 0 Å². The Morgan fingerprint density at radius 3 is 2.87 bits per heavy atom. The molecule has 2 heterocycles. The zero-order chi connectivity index (χ0) is 16.8. The molecule has 0 aliphatic carbocycles. The number of nitriles is 1. The van der Waals surface area contributed by atoms with Gasteiger partial charge >= 0.3 is 0 Å². The van der Waals surface area contributed by atoms with Crippen LogP contribution in [0.2, 0.25) is 0 Å². The Morgan fingerprint density at radius 1 is 1.43 bits per heavy atom. The van der Waals surface area contributed by atoms with Gasteiger partial charge < -0.3 is 5.32 Å². The van der Waals surface area contributed by atoms with Crippen LogP contribution in [0.4, 0.5) is 0 Å². The molecule has 2 aromatic rings. The van der Waals surface area contributed by atoms with Crippen LogP contribution in [0.3, 0.4) is 0 Å². The molecule has 6 heteroatoms. The molecule has 0 bridgehead atoms. The van der Waals surface area contributed by atoms with Gasteiger partial charge in [-0.15, -0.1) is 11.3 Å². The van der Waals surface area contributed by atoms with Gasteiger partial charge in [0.25, 0.3) is 0 Å².